The number of carbonyl (C=O) groups excluding carboxylic acids is 1. The van der Waals surface area contributed by atoms with Gasteiger partial charge >= 0.3 is 0 Å². The number of fused-ring (bicyclic) bond motifs is 1. The molecule has 2 aliphatic heterocycles. The number of benzene rings is 2. The molecule has 1 amide bonds. The fourth-order valence-corrected chi connectivity index (χ4v) is 4.76. The van der Waals surface area contributed by atoms with Crippen LogP contribution in [0.25, 0.3) is 0 Å². The van der Waals surface area contributed by atoms with Gasteiger partial charge in [0.15, 0.2) is 12.4 Å². The van der Waals surface area contributed by atoms with Crippen molar-refractivity contribution in [2.45, 2.75) is 38.6 Å². The molecule has 7 nitrogen and oxygen atoms in total. The van der Waals surface area contributed by atoms with Crippen LogP contribution >= 0.6 is 0 Å². The fourth-order valence-electron chi connectivity index (χ4n) is 4.76. The summed E-state index contributed by atoms with van der Waals surface area (Å²) in [5.41, 5.74) is 3.82. The second-order valence-electron chi connectivity index (χ2n) is 9.24. The maximum absolute atomic E-state index is 13.0. The Morgan fingerprint density at radius 3 is 2.66 bits per heavy atom. The Bertz CT molecular complexity index is 1150. The second kappa shape index (κ2) is 10.9. The lowest BCUT2D eigenvalue weighted by atomic mass is 10.0. The van der Waals surface area contributed by atoms with Gasteiger partial charge < -0.3 is 19.6 Å². The molecule has 5 rings (SSSR count). The topological polar surface area (TPSA) is 69.0 Å². The van der Waals surface area contributed by atoms with Crippen molar-refractivity contribution in [1.29, 1.82) is 0 Å². The van der Waals surface area contributed by atoms with Crippen molar-refractivity contribution >= 4 is 5.91 Å². The highest BCUT2D eigenvalue weighted by molar-refractivity contribution is 5.93. The van der Waals surface area contributed by atoms with E-state index < -0.39 is 0 Å². The molecule has 0 spiro atoms. The Hall–Kier alpha value is -3.42. The summed E-state index contributed by atoms with van der Waals surface area (Å²) < 4.78 is 12.7. The van der Waals surface area contributed by atoms with Gasteiger partial charge in [-0.15, -0.1) is 0 Å². The molecule has 0 unspecified atom stereocenters. The number of amides is 1. The first-order valence-electron chi connectivity index (χ1n) is 12.2. The molecular formula is C28H31N3O4. The van der Waals surface area contributed by atoms with E-state index in [4.69, 9.17) is 9.47 Å². The van der Waals surface area contributed by atoms with Gasteiger partial charge in [-0.3, -0.25) is 9.69 Å². The summed E-state index contributed by atoms with van der Waals surface area (Å²) in [7, 11) is 0. The fraction of sp³-hybridized carbons (Fsp3) is 0.357. The van der Waals surface area contributed by atoms with Crippen molar-refractivity contribution in [2.75, 3.05) is 26.2 Å². The van der Waals surface area contributed by atoms with Crippen LogP contribution in [0.4, 0.5) is 0 Å². The molecule has 0 aliphatic carbocycles. The molecule has 0 atom stereocenters. The number of rotatable bonds is 6. The van der Waals surface area contributed by atoms with E-state index in [1.54, 1.807) is 17.0 Å². The smallest absolute Gasteiger partial charge is 0.260 e. The molecule has 0 bridgehead atoms. The quantitative estimate of drug-likeness (QED) is 0.405. The minimum atomic E-state index is -0.158. The number of ether oxygens (including phenoxy) is 2. The lowest BCUT2D eigenvalue weighted by molar-refractivity contribution is -0.605. The van der Waals surface area contributed by atoms with Gasteiger partial charge in [0.05, 0.1) is 19.3 Å². The maximum atomic E-state index is 13.0. The number of hydrogen-bond donors (Lipinski definition) is 0. The number of hydrogen-bond acceptors (Lipinski definition) is 5. The minimum absolute atomic E-state index is 0.158. The zero-order chi connectivity index (χ0) is 24.0. The third-order valence-electron chi connectivity index (χ3n) is 6.68. The molecule has 1 aromatic heterocycles. The lowest BCUT2D eigenvalue weighted by Crippen LogP contribution is -2.36. The molecule has 1 saturated heterocycles. The third-order valence-corrected chi connectivity index (χ3v) is 6.68. The molecule has 2 aromatic carbocycles. The summed E-state index contributed by atoms with van der Waals surface area (Å²) in [6, 6.07) is 19.9. The number of carbonyl (C=O) groups is 1. The van der Waals surface area contributed by atoms with E-state index in [1.165, 1.54) is 23.5 Å². The van der Waals surface area contributed by atoms with Gasteiger partial charge in [-0.05, 0) is 42.2 Å². The van der Waals surface area contributed by atoms with E-state index in [2.05, 4.69) is 29.2 Å². The Balaban J connectivity index is 1.17. The number of likely N-dealkylation sites (tertiary alicyclic amines) is 1. The van der Waals surface area contributed by atoms with Crippen molar-refractivity contribution in [3.05, 3.63) is 101 Å². The van der Waals surface area contributed by atoms with Gasteiger partial charge in [0.1, 0.15) is 17.9 Å². The number of piperidine rings is 1. The Morgan fingerprint density at radius 2 is 1.86 bits per heavy atom. The van der Waals surface area contributed by atoms with Gasteiger partial charge in [-0.2, -0.15) is 4.73 Å². The molecule has 35 heavy (non-hydrogen) atoms. The van der Waals surface area contributed by atoms with E-state index in [0.717, 1.165) is 43.8 Å². The van der Waals surface area contributed by atoms with Crippen LogP contribution in [-0.2, 0) is 24.4 Å². The first-order chi connectivity index (χ1) is 17.1. The van der Waals surface area contributed by atoms with Gasteiger partial charge in [0.2, 0.25) is 0 Å². The first kappa shape index (κ1) is 23.3. The summed E-state index contributed by atoms with van der Waals surface area (Å²) in [6.45, 7) is 4.91. The lowest BCUT2D eigenvalue weighted by Gasteiger charge is -2.32. The summed E-state index contributed by atoms with van der Waals surface area (Å²) in [5.74, 6) is 0.665. The van der Waals surface area contributed by atoms with Gasteiger partial charge in [0.25, 0.3) is 5.91 Å². The summed E-state index contributed by atoms with van der Waals surface area (Å²) in [4.78, 5) is 17.2. The van der Waals surface area contributed by atoms with Crippen LogP contribution in [0.3, 0.4) is 0 Å². The van der Waals surface area contributed by atoms with Crippen molar-refractivity contribution in [2.24, 2.45) is 0 Å². The van der Waals surface area contributed by atoms with E-state index >= 15 is 0 Å². The Kier molecular flexibility index (Phi) is 7.25. The van der Waals surface area contributed by atoms with Crippen molar-refractivity contribution in [3.8, 4) is 5.75 Å². The zero-order valence-electron chi connectivity index (χ0n) is 19.8. The average molecular weight is 474 g/mol. The van der Waals surface area contributed by atoms with E-state index in [9.17, 15) is 10.0 Å². The first-order valence-corrected chi connectivity index (χ1v) is 12.2. The number of pyridine rings is 1. The van der Waals surface area contributed by atoms with Gasteiger partial charge in [-0.25, -0.2) is 0 Å². The van der Waals surface area contributed by atoms with E-state index in [0.29, 0.717) is 42.7 Å². The normalized spacial score (nSPS) is 16.9. The van der Waals surface area contributed by atoms with Crippen LogP contribution in [-0.4, -0.2) is 48.1 Å². The Labute approximate surface area is 206 Å². The predicted molar refractivity (Wildman–Crippen MR) is 132 cm³/mol. The van der Waals surface area contributed by atoms with Crippen LogP contribution in [0, 0.1) is 5.21 Å². The molecule has 0 N–H and O–H groups in total. The van der Waals surface area contributed by atoms with E-state index in [1.807, 2.05) is 24.3 Å². The van der Waals surface area contributed by atoms with Crippen LogP contribution in [0.2, 0.25) is 0 Å². The summed E-state index contributed by atoms with van der Waals surface area (Å²) in [5, 5.41) is 11.6. The highest BCUT2D eigenvalue weighted by Crippen LogP contribution is 2.26. The van der Waals surface area contributed by atoms with Crippen LogP contribution in [0.1, 0.15) is 39.9 Å². The van der Waals surface area contributed by atoms with Crippen LogP contribution < -0.4 is 9.47 Å². The summed E-state index contributed by atoms with van der Waals surface area (Å²) >= 11 is 0. The van der Waals surface area contributed by atoms with Crippen molar-refractivity contribution in [1.82, 2.24) is 9.80 Å². The molecule has 0 radical (unpaired) electrons. The number of nitrogens with zero attached hydrogens (tertiary/aromatic N) is 3. The average Bonchev–Trinajstić information content (AvgIpc) is 3.11. The highest BCUT2D eigenvalue weighted by Gasteiger charge is 2.24. The van der Waals surface area contributed by atoms with Gasteiger partial charge in [-0.1, -0.05) is 36.4 Å². The molecule has 2 aliphatic rings. The Morgan fingerprint density at radius 1 is 1.03 bits per heavy atom. The largest absolute Gasteiger partial charge is 0.619 e. The third kappa shape index (κ3) is 5.99. The summed E-state index contributed by atoms with van der Waals surface area (Å²) in [6.07, 6.45) is 5.05. The van der Waals surface area contributed by atoms with Crippen molar-refractivity contribution < 1.29 is 19.0 Å². The second-order valence-corrected chi connectivity index (χ2v) is 9.24. The maximum Gasteiger partial charge on any atom is 0.260 e. The van der Waals surface area contributed by atoms with E-state index in [-0.39, 0.29) is 5.91 Å². The van der Waals surface area contributed by atoms with Crippen LogP contribution in [0.15, 0.2) is 73.1 Å². The number of aromatic nitrogens is 1. The van der Waals surface area contributed by atoms with Gasteiger partial charge in [0, 0.05) is 37.8 Å². The molecule has 0 saturated carbocycles. The molecule has 3 aromatic rings. The minimum Gasteiger partial charge on any atom is -0.619 e. The molecule has 1 fully saturated rings. The molecule has 3 heterocycles. The zero-order valence-corrected chi connectivity index (χ0v) is 19.8. The van der Waals surface area contributed by atoms with Crippen LogP contribution in [0.5, 0.6) is 5.75 Å². The SMILES string of the molecule is O=C(c1ccc[n+]([O-])c1)N1CCOc2ccc(CN3CCC(OCc4ccccc4)CC3)cc2C1. The predicted octanol–water partition coefficient (Wildman–Crippen LogP) is 3.54. The molecular weight excluding hydrogens is 442 g/mol. The molecule has 7 heteroatoms. The monoisotopic (exact) mass is 473 g/mol. The highest BCUT2D eigenvalue weighted by atomic mass is 16.5. The molecule has 182 valence electrons. The standard InChI is InChI=1S/C28H31N3O4/c32-28(24-7-4-12-31(33)20-24)30-15-16-34-27-9-8-23(17-25(27)19-30)18-29-13-10-26(11-14-29)35-21-22-5-2-1-3-6-22/h1-9,12,17,20,26H,10-11,13-16,18-19,21H2. The van der Waals surface area contributed by atoms with Crippen molar-refractivity contribution in [3.63, 3.8) is 0 Å².